The number of benzene rings is 1. The molecule has 2 N–H and O–H groups in total. The molecule has 0 aliphatic heterocycles. The molecule has 0 amide bonds. The standard InChI is InChI=1S/C11H13ClF3NO/c1-7(5-11(13,14)15)16-6-8-2-3-10(17)9(12)4-8/h2-4,7,16-17H,5-6H2,1H3. The Bertz CT molecular complexity index is 381. The van der Waals surface area contributed by atoms with Gasteiger partial charge >= 0.3 is 6.18 Å². The van der Waals surface area contributed by atoms with E-state index < -0.39 is 18.6 Å². The van der Waals surface area contributed by atoms with Crippen molar-refractivity contribution in [3.8, 4) is 5.75 Å². The Labute approximate surface area is 102 Å². The molecule has 0 aliphatic rings. The first-order valence-corrected chi connectivity index (χ1v) is 5.43. The van der Waals surface area contributed by atoms with Gasteiger partial charge in [0.15, 0.2) is 0 Å². The predicted octanol–water partition coefficient (Wildman–Crippen LogP) is 3.48. The number of phenolic OH excluding ortho intramolecular Hbond substituents is 1. The van der Waals surface area contributed by atoms with Crippen LogP contribution in [0, 0.1) is 0 Å². The summed E-state index contributed by atoms with van der Waals surface area (Å²) in [5.41, 5.74) is 0.724. The van der Waals surface area contributed by atoms with Crippen LogP contribution in [0.2, 0.25) is 5.02 Å². The number of halogens is 4. The van der Waals surface area contributed by atoms with Crippen molar-refractivity contribution in [1.29, 1.82) is 0 Å². The van der Waals surface area contributed by atoms with Gasteiger partial charge in [-0.1, -0.05) is 17.7 Å². The van der Waals surface area contributed by atoms with Crippen molar-refractivity contribution < 1.29 is 18.3 Å². The summed E-state index contributed by atoms with van der Waals surface area (Å²) in [4.78, 5) is 0. The van der Waals surface area contributed by atoms with Crippen LogP contribution in [0.5, 0.6) is 5.75 Å². The zero-order valence-corrected chi connectivity index (χ0v) is 9.94. The molecule has 1 unspecified atom stereocenters. The molecule has 1 aromatic rings. The lowest BCUT2D eigenvalue weighted by atomic mass is 10.2. The Hall–Kier alpha value is -0.940. The molecule has 0 bridgehead atoms. The number of nitrogens with one attached hydrogen (secondary N) is 1. The lowest BCUT2D eigenvalue weighted by Crippen LogP contribution is -2.30. The third-order valence-electron chi connectivity index (χ3n) is 2.20. The fourth-order valence-corrected chi connectivity index (χ4v) is 1.57. The molecule has 0 spiro atoms. The van der Waals surface area contributed by atoms with E-state index in [9.17, 15) is 18.3 Å². The van der Waals surface area contributed by atoms with E-state index in [0.717, 1.165) is 5.56 Å². The first-order valence-electron chi connectivity index (χ1n) is 5.05. The molecule has 1 atom stereocenters. The molecule has 0 radical (unpaired) electrons. The summed E-state index contributed by atoms with van der Waals surface area (Å²) < 4.78 is 36.2. The van der Waals surface area contributed by atoms with Gasteiger partial charge in [-0.3, -0.25) is 0 Å². The molecule has 0 heterocycles. The third-order valence-corrected chi connectivity index (χ3v) is 2.51. The van der Waals surface area contributed by atoms with Crippen LogP contribution in [0.25, 0.3) is 0 Å². The van der Waals surface area contributed by atoms with Gasteiger partial charge in [0.2, 0.25) is 0 Å². The molecule has 0 fully saturated rings. The fourth-order valence-electron chi connectivity index (χ4n) is 1.37. The highest BCUT2D eigenvalue weighted by Gasteiger charge is 2.29. The summed E-state index contributed by atoms with van der Waals surface area (Å²) in [6.07, 6.45) is -5.04. The highest BCUT2D eigenvalue weighted by molar-refractivity contribution is 6.32. The zero-order valence-electron chi connectivity index (χ0n) is 9.18. The van der Waals surface area contributed by atoms with Crippen molar-refractivity contribution in [3.05, 3.63) is 28.8 Å². The smallest absolute Gasteiger partial charge is 0.390 e. The molecule has 1 rings (SSSR count). The van der Waals surface area contributed by atoms with E-state index in [2.05, 4.69) is 5.32 Å². The van der Waals surface area contributed by atoms with Gasteiger partial charge in [0.25, 0.3) is 0 Å². The highest BCUT2D eigenvalue weighted by Crippen LogP contribution is 2.24. The van der Waals surface area contributed by atoms with Gasteiger partial charge in [0.05, 0.1) is 11.4 Å². The Kier molecular flexibility index (Phi) is 4.65. The SMILES string of the molecule is CC(CC(F)(F)F)NCc1ccc(O)c(Cl)c1. The molecule has 17 heavy (non-hydrogen) atoms. The fraction of sp³-hybridized carbons (Fsp3) is 0.455. The molecule has 96 valence electrons. The van der Waals surface area contributed by atoms with E-state index in [0.29, 0.717) is 0 Å². The molecule has 0 saturated carbocycles. The maximum absolute atomic E-state index is 12.1. The molecule has 0 aliphatic carbocycles. The minimum absolute atomic E-state index is 0.0428. The number of alkyl halides is 3. The summed E-state index contributed by atoms with van der Waals surface area (Å²) in [5.74, 6) is -0.0428. The quantitative estimate of drug-likeness (QED) is 0.875. The normalized spacial score (nSPS) is 13.7. The van der Waals surface area contributed by atoms with Crippen molar-refractivity contribution in [2.24, 2.45) is 0 Å². The lowest BCUT2D eigenvalue weighted by molar-refractivity contribution is -0.139. The minimum Gasteiger partial charge on any atom is -0.506 e. The van der Waals surface area contributed by atoms with Crippen LogP contribution in [0.15, 0.2) is 18.2 Å². The van der Waals surface area contributed by atoms with Crippen LogP contribution in [-0.2, 0) is 6.54 Å². The first kappa shape index (κ1) is 14.1. The molecule has 0 aromatic heterocycles. The maximum atomic E-state index is 12.1. The van der Waals surface area contributed by atoms with Crippen LogP contribution in [0.4, 0.5) is 13.2 Å². The summed E-state index contributed by atoms with van der Waals surface area (Å²) in [5, 5.41) is 12.1. The van der Waals surface area contributed by atoms with Crippen molar-refractivity contribution in [3.63, 3.8) is 0 Å². The molecular formula is C11H13ClF3NO. The van der Waals surface area contributed by atoms with Crippen LogP contribution >= 0.6 is 11.6 Å². The minimum atomic E-state index is -4.17. The van der Waals surface area contributed by atoms with Gasteiger partial charge in [-0.25, -0.2) is 0 Å². The van der Waals surface area contributed by atoms with Gasteiger partial charge in [-0.15, -0.1) is 0 Å². The van der Waals surface area contributed by atoms with Crippen LogP contribution < -0.4 is 5.32 Å². The second kappa shape index (κ2) is 5.60. The van der Waals surface area contributed by atoms with Crippen molar-refractivity contribution in [2.45, 2.75) is 32.1 Å². The van der Waals surface area contributed by atoms with E-state index >= 15 is 0 Å². The Morgan fingerprint density at radius 3 is 2.59 bits per heavy atom. The summed E-state index contributed by atoms with van der Waals surface area (Å²) in [7, 11) is 0. The number of phenols is 1. The molecule has 1 aromatic carbocycles. The van der Waals surface area contributed by atoms with Crippen molar-refractivity contribution >= 4 is 11.6 Å². The van der Waals surface area contributed by atoms with E-state index in [4.69, 9.17) is 11.6 Å². The van der Waals surface area contributed by atoms with Gasteiger partial charge in [-0.05, 0) is 24.6 Å². The second-order valence-electron chi connectivity index (χ2n) is 3.89. The van der Waals surface area contributed by atoms with Gasteiger partial charge in [0, 0.05) is 12.6 Å². The van der Waals surface area contributed by atoms with E-state index in [1.807, 2.05) is 0 Å². The first-order chi connectivity index (χ1) is 7.78. The average molecular weight is 268 g/mol. The van der Waals surface area contributed by atoms with E-state index in [-0.39, 0.29) is 17.3 Å². The van der Waals surface area contributed by atoms with Crippen LogP contribution in [0.1, 0.15) is 18.9 Å². The number of aromatic hydroxyl groups is 1. The largest absolute Gasteiger partial charge is 0.506 e. The van der Waals surface area contributed by atoms with Crippen LogP contribution in [0.3, 0.4) is 0 Å². The molecule has 2 nitrogen and oxygen atoms in total. The Morgan fingerprint density at radius 2 is 2.06 bits per heavy atom. The predicted molar refractivity (Wildman–Crippen MR) is 60.1 cm³/mol. The molecule has 6 heteroatoms. The van der Waals surface area contributed by atoms with Crippen molar-refractivity contribution in [1.82, 2.24) is 5.32 Å². The van der Waals surface area contributed by atoms with E-state index in [1.54, 1.807) is 6.07 Å². The third kappa shape index (κ3) is 5.28. The summed E-state index contributed by atoms with van der Waals surface area (Å²) >= 11 is 5.68. The number of hydrogen-bond donors (Lipinski definition) is 2. The highest BCUT2D eigenvalue weighted by atomic mass is 35.5. The topological polar surface area (TPSA) is 32.3 Å². The van der Waals surface area contributed by atoms with Crippen molar-refractivity contribution in [2.75, 3.05) is 0 Å². The second-order valence-corrected chi connectivity index (χ2v) is 4.29. The number of hydrogen-bond acceptors (Lipinski definition) is 2. The monoisotopic (exact) mass is 267 g/mol. The number of rotatable bonds is 4. The molecule has 0 saturated heterocycles. The Morgan fingerprint density at radius 1 is 1.41 bits per heavy atom. The Balaban J connectivity index is 2.47. The van der Waals surface area contributed by atoms with Crippen LogP contribution in [-0.4, -0.2) is 17.3 Å². The van der Waals surface area contributed by atoms with Gasteiger partial charge < -0.3 is 10.4 Å². The van der Waals surface area contributed by atoms with Gasteiger partial charge in [-0.2, -0.15) is 13.2 Å². The maximum Gasteiger partial charge on any atom is 0.390 e. The average Bonchev–Trinajstić information content (AvgIpc) is 2.17. The summed E-state index contributed by atoms with van der Waals surface area (Å²) in [6.45, 7) is 1.74. The lowest BCUT2D eigenvalue weighted by Gasteiger charge is -2.15. The van der Waals surface area contributed by atoms with E-state index in [1.165, 1.54) is 19.1 Å². The zero-order chi connectivity index (χ0) is 13.1. The summed E-state index contributed by atoms with van der Waals surface area (Å²) in [6, 6.07) is 3.87. The molecular weight excluding hydrogens is 255 g/mol. The van der Waals surface area contributed by atoms with Gasteiger partial charge in [0.1, 0.15) is 5.75 Å².